The van der Waals surface area contributed by atoms with E-state index in [4.69, 9.17) is 0 Å². The molecule has 0 saturated heterocycles. The van der Waals surface area contributed by atoms with Crippen molar-refractivity contribution in [2.75, 3.05) is 0 Å². The van der Waals surface area contributed by atoms with Gasteiger partial charge in [-0.25, -0.2) is 11.6 Å². The summed E-state index contributed by atoms with van der Waals surface area (Å²) in [6.07, 6.45) is 8.24. The van der Waals surface area contributed by atoms with Gasteiger partial charge in [-0.1, -0.05) is 36.4 Å². The van der Waals surface area contributed by atoms with E-state index in [1.807, 2.05) is 6.08 Å². The molecule has 0 radical (unpaired) electrons. The molecule has 0 heterocycles. The maximum absolute atomic E-state index is 3.05. The van der Waals surface area contributed by atoms with Crippen LogP contribution >= 0.6 is 0 Å². The smallest absolute Gasteiger partial charge is 0.0771 e. The molecule has 0 N–H and O–H groups in total. The van der Waals surface area contributed by atoms with Gasteiger partial charge in [-0.2, -0.15) is 6.08 Å². The van der Waals surface area contributed by atoms with Gasteiger partial charge in [0.25, 0.3) is 0 Å². The van der Waals surface area contributed by atoms with Gasteiger partial charge in [-0.15, -0.1) is 53.1 Å². The Labute approximate surface area is 163 Å². The fourth-order valence-corrected chi connectivity index (χ4v) is 2.40. The third kappa shape index (κ3) is 7.44. The van der Waals surface area contributed by atoms with Crippen LogP contribution in [0.4, 0.5) is 0 Å². The molecule has 1 aliphatic carbocycles. The summed E-state index contributed by atoms with van der Waals surface area (Å²) in [6.45, 7) is 6.33. The molecule has 3 aromatic carbocycles. The van der Waals surface area contributed by atoms with E-state index in [9.17, 15) is 0 Å². The minimum Gasteiger partial charge on any atom is -1.00 e. The number of halogens is 2. The van der Waals surface area contributed by atoms with Crippen LogP contribution in [0.2, 0.25) is 0 Å². The Morgan fingerprint density at radius 3 is 1.68 bits per heavy atom. The summed E-state index contributed by atoms with van der Waals surface area (Å²) in [7, 11) is 0. The second-order valence-electron chi connectivity index (χ2n) is 5.82. The summed E-state index contributed by atoms with van der Waals surface area (Å²) < 4.78 is 1.51. The molecule has 0 aromatic heterocycles. The fourth-order valence-electron chi connectivity index (χ4n) is 2.40. The molecule has 130 valence electrons. The van der Waals surface area contributed by atoms with Gasteiger partial charge >= 0.3 is 41.3 Å². The van der Waals surface area contributed by atoms with Crippen molar-refractivity contribution in [3.05, 3.63) is 78.4 Å². The maximum Gasteiger partial charge on any atom is -0.0771 e. The summed E-state index contributed by atoms with van der Waals surface area (Å²) in [5, 5.41) is 5.39. The minimum atomic E-state index is 0. The number of hydrogen-bond acceptors (Lipinski definition) is 0. The largest absolute Gasteiger partial charge is 1.00 e. The SMILES string of the molecule is CC1=CC[C-]=C1.C[C](C)=[Zr+2].[F-].[F-].c1ccc2c(c1)[cH-]c1ccccc12. The van der Waals surface area contributed by atoms with Crippen LogP contribution in [-0.2, 0) is 24.2 Å². The van der Waals surface area contributed by atoms with Gasteiger partial charge in [0.1, 0.15) is 0 Å². The van der Waals surface area contributed by atoms with Crippen molar-refractivity contribution in [2.24, 2.45) is 0 Å². The molecule has 0 unspecified atom stereocenters. The molecule has 0 nitrogen and oxygen atoms in total. The Morgan fingerprint density at radius 2 is 1.36 bits per heavy atom. The van der Waals surface area contributed by atoms with E-state index in [0.717, 1.165) is 6.42 Å². The molecule has 3 heteroatoms. The predicted octanol–water partition coefficient (Wildman–Crippen LogP) is 0.161. The molecule has 1 aliphatic rings. The summed E-state index contributed by atoms with van der Waals surface area (Å²) in [5.74, 6) is 0. The topological polar surface area (TPSA) is 0 Å². The summed E-state index contributed by atoms with van der Waals surface area (Å²) in [4.78, 5) is 0. The van der Waals surface area contributed by atoms with Gasteiger partial charge in [0.2, 0.25) is 0 Å². The van der Waals surface area contributed by atoms with Gasteiger partial charge in [0, 0.05) is 0 Å². The summed E-state index contributed by atoms with van der Waals surface area (Å²) in [6, 6.07) is 19.3. The monoisotopic (exact) mass is 414 g/mol. The first kappa shape index (κ1) is 23.4. The van der Waals surface area contributed by atoms with Crippen molar-refractivity contribution in [3.63, 3.8) is 0 Å². The number of fused-ring (bicyclic) bond motifs is 3. The van der Waals surface area contributed by atoms with E-state index in [1.54, 1.807) is 24.2 Å². The van der Waals surface area contributed by atoms with E-state index in [-0.39, 0.29) is 9.41 Å². The molecule has 0 bridgehead atoms. The van der Waals surface area contributed by atoms with Gasteiger partial charge in [0.05, 0.1) is 0 Å². The van der Waals surface area contributed by atoms with Crippen LogP contribution in [0, 0.1) is 6.08 Å². The van der Waals surface area contributed by atoms with Crippen molar-refractivity contribution in [3.8, 4) is 0 Å². The molecule has 3 aromatic rings. The molecule has 4 rings (SSSR count). The Balaban J connectivity index is 0.000000410. The van der Waals surface area contributed by atoms with Crippen molar-refractivity contribution < 1.29 is 33.6 Å². The van der Waals surface area contributed by atoms with Crippen molar-refractivity contribution in [1.29, 1.82) is 0 Å². The van der Waals surface area contributed by atoms with Crippen LogP contribution in [-0.4, -0.2) is 3.21 Å². The number of benzene rings is 2. The standard InChI is InChI=1S/C13H9.C6H7.C3H6.2FH.Zr/c1-3-7-12-10(5-1)9-11-6-2-4-8-13(11)12;1-6-4-2-3-5-6;1-3-2;;;/h1-9H;4-5H,2H2,1H3;1-2H3;2*1H;/q2*-1;;;;+2/p-2. The zero-order valence-corrected chi connectivity index (χ0v) is 17.3. The Kier molecular flexibility index (Phi) is 11.1. The first-order valence-electron chi connectivity index (χ1n) is 7.86. The summed E-state index contributed by atoms with van der Waals surface area (Å²) >= 11 is 1.55. The number of rotatable bonds is 0. The third-order valence-corrected chi connectivity index (χ3v) is 3.39. The molecule has 0 atom stereocenters. The van der Waals surface area contributed by atoms with Gasteiger partial charge < -0.3 is 9.41 Å². The second-order valence-corrected chi connectivity index (χ2v) is 8.28. The van der Waals surface area contributed by atoms with Crippen molar-refractivity contribution in [1.82, 2.24) is 0 Å². The van der Waals surface area contributed by atoms with E-state index >= 15 is 0 Å². The van der Waals surface area contributed by atoms with Crippen molar-refractivity contribution in [2.45, 2.75) is 27.2 Å². The third-order valence-electron chi connectivity index (χ3n) is 3.39. The average Bonchev–Trinajstić information content (AvgIpc) is 3.13. The average molecular weight is 416 g/mol. The first-order valence-corrected chi connectivity index (χ1v) is 9.09. The van der Waals surface area contributed by atoms with E-state index in [1.165, 1.54) is 30.3 Å². The summed E-state index contributed by atoms with van der Waals surface area (Å²) in [5.41, 5.74) is 1.34. The number of allylic oxidation sites excluding steroid dienone is 4. The zero-order chi connectivity index (χ0) is 16.7. The molecule has 25 heavy (non-hydrogen) atoms. The Morgan fingerprint density at radius 1 is 0.920 bits per heavy atom. The van der Waals surface area contributed by atoms with Crippen LogP contribution in [0.25, 0.3) is 21.5 Å². The van der Waals surface area contributed by atoms with Gasteiger partial charge in [-0.3, -0.25) is 6.08 Å². The zero-order valence-electron chi connectivity index (χ0n) is 14.8. The molecule has 0 fully saturated rings. The van der Waals surface area contributed by atoms with Crippen molar-refractivity contribution >= 4 is 24.8 Å². The van der Waals surface area contributed by atoms with E-state index in [0.29, 0.717) is 0 Å². The van der Waals surface area contributed by atoms with Crippen LogP contribution in [0.15, 0.2) is 72.3 Å². The normalized spacial score (nSPS) is 11.3. The van der Waals surface area contributed by atoms with Crippen LogP contribution in [0.1, 0.15) is 27.2 Å². The van der Waals surface area contributed by atoms with Gasteiger partial charge in [-0.05, 0) is 0 Å². The van der Waals surface area contributed by atoms with E-state index in [2.05, 4.69) is 87.5 Å². The van der Waals surface area contributed by atoms with Crippen LogP contribution in [0.5, 0.6) is 0 Å². The minimum absolute atomic E-state index is 0. The second kappa shape index (κ2) is 11.9. The molecule has 0 saturated carbocycles. The molecule has 0 spiro atoms. The molecule has 0 aliphatic heterocycles. The first-order chi connectivity index (χ1) is 11.1. The van der Waals surface area contributed by atoms with Crippen LogP contribution < -0.4 is 9.41 Å². The molecular weight excluding hydrogens is 393 g/mol. The number of hydrogen-bond donors (Lipinski definition) is 0. The molecular formula is C22H22F2Zr-2. The quantitative estimate of drug-likeness (QED) is 0.459. The van der Waals surface area contributed by atoms with Gasteiger partial charge in [0.15, 0.2) is 0 Å². The Bertz CT molecular complexity index is 799. The molecule has 0 amide bonds. The maximum atomic E-state index is 3.05. The Hall–Kier alpha value is -1.60. The van der Waals surface area contributed by atoms with Crippen LogP contribution in [0.3, 0.4) is 0 Å². The van der Waals surface area contributed by atoms with E-state index < -0.39 is 0 Å². The fraction of sp³-hybridized carbons (Fsp3) is 0.182. The predicted molar refractivity (Wildman–Crippen MR) is 99.6 cm³/mol.